The van der Waals surface area contributed by atoms with Crippen molar-refractivity contribution in [1.29, 1.82) is 0 Å². The molecule has 2 aromatic rings. The second kappa shape index (κ2) is 8.98. The van der Waals surface area contributed by atoms with Crippen LogP contribution in [0.1, 0.15) is 5.56 Å². The third-order valence-electron chi connectivity index (χ3n) is 3.23. The number of para-hydroxylation sites is 1. The molecule has 5 nitrogen and oxygen atoms in total. The van der Waals surface area contributed by atoms with Gasteiger partial charge in [-0.2, -0.15) is 0 Å². The van der Waals surface area contributed by atoms with Gasteiger partial charge in [-0.05, 0) is 42.8 Å². The summed E-state index contributed by atoms with van der Waals surface area (Å²) >= 11 is 1.27. The number of ether oxygens (including phenoxy) is 1. The molecule has 0 aliphatic heterocycles. The zero-order chi connectivity index (χ0) is 17.4. The number of thioether (sulfide) groups is 1. The first-order valence-corrected chi connectivity index (χ1v) is 8.61. The fraction of sp³-hybridized carbons (Fsp3) is 0.222. The van der Waals surface area contributed by atoms with Gasteiger partial charge in [-0.3, -0.25) is 9.59 Å². The fourth-order valence-corrected chi connectivity index (χ4v) is 2.66. The Bertz CT molecular complexity index is 705. The van der Waals surface area contributed by atoms with Gasteiger partial charge < -0.3 is 15.4 Å². The summed E-state index contributed by atoms with van der Waals surface area (Å²) in [5.74, 6) is 0.926. The highest BCUT2D eigenvalue weighted by Gasteiger charge is 2.08. The van der Waals surface area contributed by atoms with E-state index in [9.17, 15) is 9.59 Å². The molecule has 0 bridgehead atoms. The van der Waals surface area contributed by atoms with Crippen LogP contribution < -0.4 is 15.4 Å². The van der Waals surface area contributed by atoms with Crippen LogP contribution in [0.4, 0.5) is 11.4 Å². The summed E-state index contributed by atoms with van der Waals surface area (Å²) in [5.41, 5.74) is 2.42. The molecule has 2 amide bonds. The number of anilines is 2. The van der Waals surface area contributed by atoms with E-state index >= 15 is 0 Å². The Morgan fingerprint density at radius 1 is 1.00 bits per heavy atom. The summed E-state index contributed by atoms with van der Waals surface area (Å²) in [4.78, 5) is 23.8. The maximum absolute atomic E-state index is 12.0. The molecule has 0 aliphatic carbocycles. The molecule has 0 saturated carbocycles. The van der Waals surface area contributed by atoms with Crippen LogP contribution in [-0.2, 0) is 9.59 Å². The average molecular weight is 344 g/mol. The number of methoxy groups -OCH3 is 1. The van der Waals surface area contributed by atoms with Gasteiger partial charge in [0.15, 0.2) is 0 Å². The van der Waals surface area contributed by atoms with Crippen molar-refractivity contribution in [2.45, 2.75) is 6.92 Å². The van der Waals surface area contributed by atoms with Crippen LogP contribution >= 0.6 is 11.8 Å². The number of benzene rings is 2. The van der Waals surface area contributed by atoms with Crippen LogP contribution in [0.5, 0.6) is 5.75 Å². The first kappa shape index (κ1) is 17.9. The molecule has 6 heteroatoms. The van der Waals surface area contributed by atoms with Gasteiger partial charge in [0.25, 0.3) is 0 Å². The number of aryl methyl sites for hydroxylation is 1. The monoisotopic (exact) mass is 344 g/mol. The lowest BCUT2D eigenvalue weighted by Gasteiger charge is -2.10. The van der Waals surface area contributed by atoms with Crippen molar-refractivity contribution >= 4 is 35.0 Å². The molecule has 0 unspecified atom stereocenters. The second-order valence-corrected chi connectivity index (χ2v) is 6.12. The number of carbonyl (C=O) groups excluding carboxylic acids is 2. The van der Waals surface area contributed by atoms with Crippen molar-refractivity contribution in [1.82, 2.24) is 0 Å². The molecule has 0 aromatic heterocycles. The van der Waals surface area contributed by atoms with E-state index < -0.39 is 0 Å². The molecule has 0 atom stereocenters. The smallest absolute Gasteiger partial charge is 0.234 e. The summed E-state index contributed by atoms with van der Waals surface area (Å²) in [6.45, 7) is 1.90. The minimum Gasteiger partial charge on any atom is -0.497 e. The zero-order valence-corrected chi connectivity index (χ0v) is 14.5. The fourth-order valence-electron chi connectivity index (χ4n) is 2.04. The largest absolute Gasteiger partial charge is 0.497 e. The van der Waals surface area contributed by atoms with E-state index in [0.717, 1.165) is 22.7 Å². The molecule has 126 valence electrons. The van der Waals surface area contributed by atoms with E-state index in [-0.39, 0.29) is 23.3 Å². The predicted octanol–water partition coefficient (Wildman–Crippen LogP) is 3.31. The molecule has 0 spiro atoms. The first-order chi connectivity index (χ1) is 11.6. The zero-order valence-electron chi connectivity index (χ0n) is 13.7. The number of carbonyl (C=O) groups is 2. The Morgan fingerprint density at radius 2 is 1.67 bits per heavy atom. The highest BCUT2D eigenvalue weighted by Crippen LogP contribution is 2.21. The average Bonchev–Trinajstić information content (AvgIpc) is 2.57. The van der Waals surface area contributed by atoms with E-state index in [4.69, 9.17) is 4.74 Å². The number of nitrogens with one attached hydrogen (secondary N) is 2. The van der Waals surface area contributed by atoms with Crippen molar-refractivity contribution in [3.8, 4) is 5.75 Å². The van der Waals surface area contributed by atoms with E-state index in [0.29, 0.717) is 0 Å². The number of amides is 2. The van der Waals surface area contributed by atoms with Gasteiger partial charge in [-0.25, -0.2) is 0 Å². The topological polar surface area (TPSA) is 67.4 Å². The van der Waals surface area contributed by atoms with E-state index in [1.54, 1.807) is 19.2 Å². The lowest BCUT2D eigenvalue weighted by Crippen LogP contribution is -2.18. The predicted molar refractivity (Wildman–Crippen MR) is 98.8 cm³/mol. The summed E-state index contributed by atoms with van der Waals surface area (Å²) in [7, 11) is 1.60. The van der Waals surface area contributed by atoms with Gasteiger partial charge in [0, 0.05) is 11.4 Å². The molecule has 24 heavy (non-hydrogen) atoms. The lowest BCUT2D eigenvalue weighted by molar-refractivity contribution is -0.114. The summed E-state index contributed by atoms with van der Waals surface area (Å²) in [6, 6.07) is 14.7. The molecule has 0 radical (unpaired) electrons. The number of hydrogen-bond donors (Lipinski definition) is 2. The maximum atomic E-state index is 12.0. The molecule has 0 heterocycles. The van der Waals surface area contributed by atoms with E-state index in [1.807, 2.05) is 43.3 Å². The van der Waals surface area contributed by atoms with Gasteiger partial charge >= 0.3 is 0 Å². The molecule has 2 aromatic carbocycles. The minimum atomic E-state index is -0.138. The SMILES string of the molecule is COc1ccc(NC(=O)CSCC(=O)Nc2ccccc2)c(C)c1. The summed E-state index contributed by atoms with van der Waals surface area (Å²) in [5, 5.41) is 5.62. The highest BCUT2D eigenvalue weighted by molar-refractivity contribution is 8.00. The van der Waals surface area contributed by atoms with Crippen molar-refractivity contribution in [2.24, 2.45) is 0 Å². The normalized spacial score (nSPS) is 10.1. The maximum Gasteiger partial charge on any atom is 0.234 e. The van der Waals surface area contributed by atoms with Crippen molar-refractivity contribution < 1.29 is 14.3 Å². The van der Waals surface area contributed by atoms with Gasteiger partial charge in [-0.1, -0.05) is 18.2 Å². The standard InChI is InChI=1S/C18H20N2O3S/c1-13-10-15(23-2)8-9-16(13)20-18(22)12-24-11-17(21)19-14-6-4-3-5-7-14/h3-10H,11-12H2,1-2H3,(H,19,21)(H,20,22). The highest BCUT2D eigenvalue weighted by atomic mass is 32.2. The van der Waals surface area contributed by atoms with Crippen LogP contribution in [0.25, 0.3) is 0 Å². The Morgan fingerprint density at radius 3 is 2.29 bits per heavy atom. The lowest BCUT2D eigenvalue weighted by atomic mass is 10.2. The number of rotatable bonds is 7. The summed E-state index contributed by atoms with van der Waals surface area (Å²) in [6.07, 6.45) is 0. The Kier molecular flexibility index (Phi) is 6.69. The van der Waals surface area contributed by atoms with Crippen molar-refractivity contribution in [2.75, 3.05) is 29.2 Å². The summed E-state index contributed by atoms with van der Waals surface area (Å²) < 4.78 is 5.13. The Labute approximate surface area is 145 Å². The Balaban J connectivity index is 1.74. The van der Waals surface area contributed by atoms with E-state index in [1.165, 1.54) is 11.8 Å². The first-order valence-electron chi connectivity index (χ1n) is 7.45. The Hall–Kier alpha value is -2.47. The quantitative estimate of drug-likeness (QED) is 0.809. The van der Waals surface area contributed by atoms with Crippen molar-refractivity contribution in [3.63, 3.8) is 0 Å². The molecule has 0 fully saturated rings. The molecular formula is C18H20N2O3S. The molecule has 0 aliphatic rings. The third kappa shape index (κ3) is 5.62. The molecular weight excluding hydrogens is 324 g/mol. The molecule has 0 saturated heterocycles. The molecule has 2 rings (SSSR count). The van der Waals surface area contributed by atoms with Crippen LogP contribution in [0.3, 0.4) is 0 Å². The third-order valence-corrected chi connectivity index (χ3v) is 4.16. The van der Waals surface area contributed by atoms with Crippen molar-refractivity contribution in [3.05, 3.63) is 54.1 Å². The van der Waals surface area contributed by atoms with Gasteiger partial charge in [0.1, 0.15) is 5.75 Å². The molecule has 2 N–H and O–H groups in total. The van der Waals surface area contributed by atoms with Gasteiger partial charge in [0.2, 0.25) is 11.8 Å². The van der Waals surface area contributed by atoms with Gasteiger partial charge in [0.05, 0.1) is 18.6 Å². The second-order valence-electron chi connectivity index (χ2n) is 5.14. The van der Waals surface area contributed by atoms with Crippen LogP contribution in [0, 0.1) is 6.92 Å². The van der Waals surface area contributed by atoms with E-state index in [2.05, 4.69) is 10.6 Å². The van der Waals surface area contributed by atoms with Crippen LogP contribution in [-0.4, -0.2) is 30.4 Å². The minimum absolute atomic E-state index is 0.125. The van der Waals surface area contributed by atoms with Gasteiger partial charge in [-0.15, -0.1) is 11.8 Å². The number of hydrogen-bond acceptors (Lipinski definition) is 4. The van der Waals surface area contributed by atoms with Crippen LogP contribution in [0.15, 0.2) is 48.5 Å². The van der Waals surface area contributed by atoms with Crippen LogP contribution in [0.2, 0.25) is 0 Å².